The lowest BCUT2D eigenvalue weighted by Gasteiger charge is -2.06. The highest BCUT2D eigenvalue weighted by molar-refractivity contribution is 5.73. The van der Waals surface area contributed by atoms with Gasteiger partial charge in [0.15, 0.2) is 6.26 Å². The van der Waals surface area contributed by atoms with Crippen molar-refractivity contribution in [1.29, 1.82) is 0 Å². The summed E-state index contributed by atoms with van der Waals surface area (Å²) in [7, 11) is 0. The van der Waals surface area contributed by atoms with E-state index in [4.69, 9.17) is 4.52 Å². The molecule has 0 amide bonds. The Hall–Kier alpha value is -1.31. The second-order valence-electron chi connectivity index (χ2n) is 4.25. The maximum absolute atomic E-state index is 5.50. The van der Waals surface area contributed by atoms with Crippen molar-refractivity contribution in [3.8, 4) is 0 Å². The van der Waals surface area contributed by atoms with Crippen molar-refractivity contribution in [2.45, 2.75) is 26.3 Å². The third-order valence-electron chi connectivity index (χ3n) is 2.05. The highest BCUT2D eigenvalue weighted by Crippen LogP contribution is 2.14. The van der Waals surface area contributed by atoms with E-state index in [1.54, 1.807) is 6.26 Å². The predicted octanol–water partition coefficient (Wildman–Crippen LogP) is 2.48. The van der Waals surface area contributed by atoms with Crippen LogP contribution in [0.3, 0.4) is 0 Å². The molecule has 1 aromatic carbocycles. The summed E-state index contributed by atoms with van der Waals surface area (Å²) in [6.07, 6.45) is 1.79. The van der Waals surface area contributed by atoms with E-state index in [-0.39, 0.29) is 5.54 Å². The van der Waals surface area contributed by atoms with E-state index in [0.29, 0.717) is 0 Å². The van der Waals surface area contributed by atoms with E-state index in [1.807, 2.05) is 16.9 Å². The first-order valence-electron chi connectivity index (χ1n) is 4.48. The summed E-state index contributed by atoms with van der Waals surface area (Å²) in [6, 6.07) is 8.18. The molecule has 2 nitrogen and oxygen atoms in total. The highest BCUT2D eigenvalue weighted by Gasteiger charge is 2.28. The van der Waals surface area contributed by atoms with Gasteiger partial charge in [0.2, 0.25) is 5.54 Å². The van der Waals surface area contributed by atoms with Crippen LogP contribution < -0.4 is 4.74 Å². The van der Waals surface area contributed by atoms with E-state index in [0.717, 1.165) is 10.9 Å². The van der Waals surface area contributed by atoms with Gasteiger partial charge in [0.1, 0.15) is 0 Å². The first-order chi connectivity index (χ1) is 6.09. The zero-order valence-corrected chi connectivity index (χ0v) is 8.24. The molecule has 0 radical (unpaired) electrons. The maximum atomic E-state index is 5.50. The van der Waals surface area contributed by atoms with Crippen molar-refractivity contribution in [2.75, 3.05) is 0 Å². The SMILES string of the molecule is CC(C)(C)[n+]1occ2ccccc21. The van der Waals surface area contributed by atoms with Crippen molar-refractivity contribution >= 4 is 10.9 Å². The molecule has 0 fully saturated rings. The van der Waals surface area contributed by atoms with Gasteiger partial charge >= 0.3 is 0 Å². The Bertz CT molecular complexity index is 423. The zero-order chi connectivity index (χ0) is 9.47. The van der Waals surface area contributed by atoms with Gasteiger partial charge in [-0.2, -0.15) is 0 Å². The van der Waals surface area contributed by atoms with Gasteiger partial charge < -0.3 is 0 Å². The fraction of sp³-hybridized carbons (Fsp3) is 0.364. The molecule has 0 spiro atoms. The number of benzene rings is 1. The Balaban J connectivity index is 2.72. The van der Waals surface area contributed by atoms with Gasteiger partial charge in [-0.1, -0.05) is 12.1 Å². The zero-order valence-electron chi connectivity index (χ0n) is 8.24. The Kier molecular flexibility index (Phi) is 1.65. The largest absolute Gasteiger partial charge is 0.262 e. The number of para-hydroxylation sites is 1. The molecule has 0 saturated heterocycles. The third kappa shape index (κ3) is 1.32. The van der Waals surface area contributed by atoms with Crippen LogP contribution in [0.1, 0.15) is 20.8 Å². The quantitative estimate of drug-likeness (QED) is 0.563. The van der Waals surface area contributed by atoms with Gasteiger partial charge in [-0.15, -0.1) is 0 Å². The first-order valence-corrected chi connectivity index (χ1v) is 4.48. The molecule has 0 aliphatic carbocycles. The molecule has 1 aromatic heterocycles. The van der Waals surface area contributed by atoms with Crippen LogP contribution >= 0.6 is 0 Å². The van der Waals surface area contributed by atoms with Crippen molar-refractivity contribution in [2.24, 2.45) is 0 Å². The lowest BCUT2D eigenvalue weighted by Crippen LogP contribution is -2.48. The summed E-state index contributed by atoms with van der Waals surface area (Å²) in [5, 5.41) is 1.15. The lowest BCUT2D eigenvalue weighted by atomic mass is 10.1. The van der Waals surface area contributed by atoms with Crippen LogP contribution in [0.15, 0.2) is 35.1 Å². The Morgan fingerprint density at radius 2 is 1.85 bits per heavy atom. The highest BCUT2D eigenvalue weighted by atomic mass is 16.5. The van der Waals surface area contributed by atoms with E-state index >= 15 is 0 Å². The number of nitrogens with zero attached hydrogens (tertiary/aromatic N) is 1. The third-order valence-corrected chi connectivity index (χ3v) is 2.05. The lowest BCUT2D eigenvalue weighted by molar-refractivity contribution is -0.887. The monoisotopic (exact) mass is 176 g/mol. The van der Waals surface area contributed by atoms with E-state index in [1.165, 1.54) is 0 Å². The minimum Gasteiger partial charge on any atom is -0.243 e. The van der Waals surface area contributed by atoms with E-state index in [9.17, 15) is 0 Å². The smallest absolute Gasteiger partial charge is 0.243 e. The summed E-state index contributed by atoms with van der Waals surface area (Å²) in [5.41, 5.74) is 1.15. The molecule has 68 valence electrons. The van der Waals surface area contributed by atoms with Crippen molar-refractivity contribution in [3.05, 3.63) is 30.5 Å². The molecule has 0 unspecified atom stereocenters. The number of fused-ring (bicyclic) bond motifs is 1. The molecule has 0 N–H and O–H groups in total. The van der Waals surface area contributed by atoms with Gasteiger partial charge in [-0.05, 0) is 10.8 Å². The average Bonchev–Trinajstić information content (AvgIpc) is 2.45. The van der Waals surface area contributed by atoms with Gasteiger partial charge in [0, 0.05) is 26.8 Å². The molecule has 0 aliphatic rings. The molecule has 0 saturated carbocycles. The Morgan fingerprint density at radius 1 is 1.15 bits per heavy atom. The molecule has 1 heterocycles. The van der Waals surface area contributed by atoms with Gasteiger partial charge in [0.05, 0.1) is 5.39 Å². The predicted molar refractivity (Wildman–Crippen MR) is 51.4 cm³/mol. The Labute approximate surface area is 77.7 Å². The van der Waals surface area contributed by atoms with Crippen LogP contribution in [0.2, 0.25) is 0 Å². The van der Waals surface area contributed by atoms with Crippen LogP contribution in [0.5, 0.6) is 0 Å². The first kappa shape index (κ1) is 8.30. The molecule has 0 bridgehead atoms. The normalized spacial score (nSPS) is 12.2. The van der Waals surface area contributed by atoms with Gasteiger partial charge in [-0.25, -0.2) is 4.52 Å². The van der Waals surface area contributed by atoms with Gasteiger partial charge in [0.25, 0.3) is 5.52 Å². The van der Waals surface area contributed by atoms with Crippen molar-refractivity contribution < 1.29 is 9.26 Å². The van der Waals surface area contributed by atoms with Gasteiger partial charge in [-0.3, -0.25) is 0 Å². The van der Waals surface area contributed by atoms with E-state index < -0.39 is 0 Å². The van der Waals surface area contributed by atoms with Crippen molar-refractivity contribution in [1.82, 2.24) is 0 Å². The minimum absolute atomic E-state index is 0.00308. The second kappa shape index (κ2) is 2.59. The average molecular weight is 176 g/mol. The second-order valence-corrected chi connectivity index (χ2v) is 4.25. The number of aromatic nitrogens is 1. The number of hydrogen-bond acceptors (Lipinski definition) is 1. The van der Waals surface area contributed by atoms with E-state index in [2.05, 4.69) is 32.9 Å². The molecule has 2 aromatic rings. The molecular formula is C11H14NO+. The summed E-state index contributed by atoms with van der Waals surface area (Å²) in [4.78, 5) is 0. The van der Waals surface area contributed by atoms with Crippen molar-refractivity contribution in [3.63, 3.8) is 0 Å². The maximum Gasteiger partial charge on any atom is 0.262 e. The minimum atomic E-state index is 0.00308. The fourth-order valence-electron chi connectivity index (χ4n) is 1.46. The molecule has 0 aliphatic heterocycles. The summed E-state index contributed by atoms with van der Waals surface area (Å²) >= 11 is 0. The molecular weight excluding hydrogens is 162 g/mol. The topological polar surface area (TPSA) is 17.0 Å². The van der Waals surface area contributed by atoms with Crippen LogP contribution in [-0.4, -0.2) is 0 Å². The van der Waals surface area contributed by atoms with Crippen LogP contribution in [0.25, 0.3) is 10.9 Å². The molecule has 2 heteroatoms. The molecule has 0 atom stereocenters. The number of rotatable bonds is 0. The molecule has 2 rings (SSSR count). The molecule has 13 heavy (non-hydrogen) atoms. The summed E-state index contributed by atoms with van der Waals surface area (Å²) in [6.45, 7) is 6.38. The van der Waals surface area contributed by atoms with Crippen LogP contribution in [0, 0.1) is 0 Å². The summed E-state index contributed by atoms with van der Waals surface area (Å²) in [5.74, 6) is 0. The van der Waals surface area contributed by atoms with Crippen LogP contribution in [-0.2, 0) is 5.54 Å². The van der Waals surface area contributed by atoms with Crippen LogP contribution in [0.4, 0.5) is 0 Å². The Morgan fingerprint density at radius 3 is 2.54 bits per heavy atom. The summed E-state index contributed by atoms with van der Waals surface area (Å²) < 4.78 is 7.43. The fourth-order valence-corrected chi connectivity index (χ4v) is 1.46. The standard InChI is InChI=1S/C11H14NO/c1-11(2,3)12-10-7-5-4-6-9(10)8-13-12/h4-8H,1-3H3/q+1. The number of hydrogen-bond donors (Lipinski definition) is 0.